The number of thiazole rings is 1. The molecule has 3 aromatic rings. The fourth-order valence-corrected chi connectivity index (χ4v) is 3.91. The maximum absolute atomic E-state index is 4.82. The summed E-state index contributed by atoms with van der Waals surface area (Å²) < 4.78 is 1.86. The van der Waals surface area contributed by atoms with Crippen molar-refractivity contribution in [2.24, 2.45) is 0 Å². The van der Waals surface area contributed by atoms with Crippen molar-refractivity contribution < 1.29 is 0 Å². The molecule has 26 heavy (non-hydrogen) atoms. The zero-order valence-corrected chi connectivity index (χ0v) is 16.0. The second-order valence-electron chi connectivity index (χ2n) is 6.67. The quantitative estimate of drug-likeness (QED) is 0.704. The Morgan fingerprint density at radius 3 is 2.73 bits per heavy atom. The van der Waals surface area contributed by atoms with Crippen LogP contribution in [0, 0.1) is 13.8 Å². The van der Waals surface area contributed by atoms with Gasteiger partial charge in [-0.1, -0.05) is 0 Å². The van der Waals surface area contributed by atoms with E-state index >= 15 is 0 Å². The zero-order chi connectivity index (χ0) is 17.9. The van der Waals surface area contributed by atoms with Crippen LogP contribution >= 0.6 is 11.3 Å². The van der Waals surface area contributed by atoms with Crippen molar-refractivity contribution >= 4 is 17.2 Å². The molecule has 0 radical (unpaired) electrons. The van der Waals surface area contributed by atoms with E-state index in [1.165, 1.54) is 0 Å². The van der Waals surface area contributed by atoms with Crippen molar-refractivity contribution in [2.45, 2.75) is 26.8 Å². The minimum Gasteiger partial charge on any atom is -0.354 e. The molecule has 0 amide bonds. The fraction of sp³-hybridized carbons (Fsp3) is 0.444. The zero-order valence-electron chi connectivity index (χ0n) is 15.2. The molecule has 136 valence electrons. The van der Waals surface area contributed by atoms with Crippen LogP contribution in [0.2, 0.25) is 0 Å². The molecule has 0 atom stereocenters. The Hall–Kier alpha value is -2.32. The van der Waals surface area contributed by atoms with Gasteiger partial charge in [0.15, 0.2) is 5.82 Å². The highest BCUT2D eigenvalue weighted by Crippen LogP contribution is 2.17. The van der Waals surface area contributed by atoms with Gasteiger partial charge in [-0.2, -0.15) is 5.10 Å². The molecule has 0 N–H and O–H groups in total. The Morgan fingerprint density at radius 1 is 1.08 bits per heavy atom. The molecular formula is C18H23N7S. The standard InChI is InChI=1S/C18H23N7S/c1-14-8-15(2)25(22-14)18-10-19-9-17(21-18)24-5-3-4-23(6-7-24)11-16-12-26-13-20-16/h8-10,12-13H,3-7,11H2,1-2H3. The number of aryl methyl sites for hydroxylation is 2. The number of anilines is 1. The van der Waals surface area contributed by atoms with E-state index in [0.29, 0.717) is 0 Å². The molecule has 1 aliphatic rings. The number of nitrogens with zero attached hydrogens (tertiary/aromatic N) is 7. The molecule has 0 aliphatic carbocycles. The van der Waals surface area contributed by atoms with Gasteiger partial charge < -0.3 is 4.90 Å². The van der Waals surface area contributed by atoms with Crippen LogP contribution in [0.4, 0.5) is 5.82 Å². The van der Waals surface area contributed by atoms with Gasteiger partial charge in [-0.15, -0.1) is 11.3 Å². The van der Waals surface area contributed by atoms with E-state index in [0.717, 1.165) is 67.9 Å². The SMILES string of the molecule is Cc1cc(C)n(-c2cncc(N3CCCN(Cc4cscn4)CC3)n2)n1. The first-order valence-electron chi connectivity index (χ1n) is 8.89. The van der Waals surface area contributed by atoms with Crippen molar-refractivity contribution in [1.29, 1.82) is 0 Å². The molecule has 8 heteroatoms. The summed E-state index contributed by atoms with van der Waals surface area (Å²) in [6, 6.07) is 2.05. The Morgan fingerprint density at radius 2 is 1.96 bits per heavy atom. The Bertz CT molecular complexity index is 858. The van der Waals surface area contributed by atoms with E-state index in [-0.39, 0.29) is 0 Å². The first-order chi connectivity index (χ1) is 12.7. The van der Waals surface area contributed by atoms with Gasteiger partial charge in [-0.05, 0) is 26.3 Å². The lowest BCUT2D eigenvalue weighted by molar-refractivity contribution is 0.282. The third-order valence-corrected chi connectivity index (χ3v) is 5.25. The summed E-state index contributed by atoms with van der Waals surface area (Å²) in [7, 11) is 0. The van der Waals surface area contributed by atoms with E-state index in [9.17, 15) is 0 Å². The Labute approximate surface area is 157 Å². The highest BCUT2D eigenvalue weighted by Gasteiger charge is 2.18. The average molecular weight is 369 g/mol. The van der Waals surface area contributed by atoms with Crippen molar-refractivity contribution in [3.05, 3.63) is 46.4 Å². The number of aromatic nitrogens is 5. The highest BCUT2D eigenvalue weighted by atomic mass is 32.1. The molecule has 0 spiro atoms. The fourth-order valence-electron chi connectivity index (χ4n) is 3.36. The summed E-state index contributed by atoms with van der Waals surface area (Å²) in [6.45, 7) is 8.97. The van der Waals surface area contributed by atoms with Crippen molar-refractivity contribution in [2.75, 3.05) is 31.1 Å². The lowest BCUT2D eigenvalue weighted by atomic mass is 10.3. The van der Waals surface area contributed by atoms with Gasteiger partial charge >= 0.3 is 0 Å². The van der Waals surface area contributed by atoms with Crippen LogP contribution in [0.15, 0.2) is 29.4 Å². The first kappa shape index (κ1) is 17.1. The minimum absolute atomic E-state index is 0.775. The normalized spacial score (nSPS) is 16.0. The van der Waals surface area contributed by atoms with Crippen LogP contribution in [0.1, 0.15) is 23.5 Å². The molecular weight excluding hydrogens is 346 g/mol. The number of hydrogen-bond donors (Lipinski definition) is 0. The first-order valence-corrected chi connectivity index (χ1v) is 9.83. The summed E-state index contributed by atoms with van der Waals surface area (Å²) in [6.07, 6.45) is 4.73. The summed E-state index contributed by atoms with van der Waals surface area (Å²) in [5.41, 5.74) is 5.12. The molecule has 1 fully saturated rings. The lowest BCUT2D eigenvalue weighted by Gasteiger charge is -2.22. The summed E-state index contributed by atoms with van der Waals surface area (Å²) in [5, 5.41) is 6.65. The molecule has 4 rings (SSSR count). The van der Waals surface area contributed by atoms with Crippen LogP contribution in [0.5, 0.6) is 0 Å². The van der Waals surface area contributed by atoms with Crippen molar-refractivity contribution in [3.63, 3.8) is 0 Å². The minimum atomic E-state index is 0.775. The molecule has 4 heterocycles. The molecule has 1 saturated heterocycles. The van der Waals surface area contributed by atoms with Crippen molar-refractivity contribution in [1.82, 2.24) is 29.6 Å². The summed E-state index contributed by atoms with van der Waals surface area (Å²) >= 11 is 1.66. The molecule has 0 aromatic carbocycles. The van der Waals surface area contributed by atoms with E-state index in [2.05, 4.69) is 36.3 Å². The van der Waals surface area contributed by atoms with E-state index in [1.807, 2.05) is 30.2 Å². The van der Waals surface area contributed by atoms with E-state index in [4.69, 9.17) is 4.98 Å². The number of hydrogen-bond acceptors (Lipinski definition) is 7. The van der Waals surface area contributed by atoms with Crippen LogP contribution < -0.4 is 4.90 Å². The predicted octanol–water partition coefficient (Wildman–Crippen LogP) is 2.45. The van der Waals surface area contributed by atoms with Crippen LogP contribution in [-0.4, -0.2) is 55.8 Å². The van der Waals surface area contributed by atoms with Crippen molar-refractivity contribution in [3.8, 4) is 5.82 Å². The molecule has 0 saturated carbocycles. The largest absolute Gasteiger partial charge is 0.354 e. The van der Waals surface area contributed by atoms with Crippen LogP contribution in [0.25, 0.3) is 5.82 Å². The topological polar surface area (TPSA) is 63.0 Å². The van der Waals surface area contributed by atoms with Crippen LogP contribution in [-0.2, 0) is 6.54 Å². The van der Waals surface area contributed by atoms with Crippen LogP contribution in [0.3, 0.4) is 0 Å². The maximum atomic E-state index is 4.82. The van der Waals surface area contributed by atoms with Gasteiger partial charge in [-0.25, -0.2) is 14.6 Å². The monoisotopic (exact) mass is 369 g/mol. The highest BCUT2D eigenvalue weighted by molar-refractivity contribution is 7.07. The molecule has 3 aromatic heterocycles. The average Bonchev–Trinajstić information content (AvgIpc) is 3.19. The van der Waals surface area contributed by atoms with Gasteiger partial charge in [0.1, 0.15) is 5.82 Å². The van der Waals surface area contributed by atoms with Gasteiger partial charge in [0.25, 0.3) is 0 Å². The third-order valence-electron chi connectivity index (χ3n) is 4.62. The molecule has 1 aliphatic heterocycles. The third kappa shape index (κ3) is 3.76. The Balaban J connectivity index is 1.47. The summed E-state index contributed by atoms with van der Waals surface area (Å²) in [4.78, 5) is 18.4. The molecule has 0 bridgehead atoms. The Kier molecular flexibility index (Phi) is 4.94. The van der Waals surface area contributed by atoms with E-state index < -0.39 is 0 Å². The summed E-state index contributed by atoms with van der Waals surface area (Å²) in [5.74, 6) is 1.70. The smallest absolute Gasteiger partial charge is 0.174 e. The van der Waals surface area contributed by atoms with Gasteiger partial charge in [0, 0.05) is 43.8 Å². The maximum Gasteiger partial charge on any atom is 0.174 e. The van der Waals surface area contributed by atoms with Gasteiger partial charge in [-0.3, -0.25) is 9.88 Å². The number of rotatable bonds is 4. The second-order valence-corrected chi connectivity index (χ2v) is 7.39. The second kappa shape index (κ2) is 7.51. The molecule has 7 nitrogen and oxygen atoms in total. The molecule has 0 unspecified atom stereocenters. The lowest BCUT2D eigenvalue weighted by Crippen LogP contribution is -2.31. The van der Waals surface area contributed by atoms with E-state index in [1.54, 1.807) is 17.5 Å². The van der Waals surface area contributed by atoms with Gasteiger partial charge in [0.05, 0.1) is 29.3 Å². The van der Waals surface area contributed by atoms with Gasteiger partial charge in [0.2, 0.25) is 0 Å². The predicted molar refractivity (Wildman–Crippen MR) is 103 cm³/mol.